The molecule has 1 aromatic heterocycles. The van der Waals surface area contributed by atoms with Crippen LogP contribution in [0.1, 0.15) is 34.0 Å². The molecule has 1 saturated heterocycles. The summed E-state index contributed by atoms with van der Waals surface area (Å²) in [6.07, 6.45) is -1.30. The quantitative estimate of drug-likeness (QED) is 0.465. The van der Waals surface area contributed by atoms with Gasteiger partial charge in [-0.05, 0) is 39.0 Å². The number of carboxylic acid groups (broad SMARTS) is 1. The Labute approximate surface area is 199 Å². The number of aliphatic carboxylic acids is 1. The fourth-order valence-electron chi connectivity index (χ4n) is 4.57. The molecule has 11 heteroatoms. The highest BCUT2D eigenvalue weighted by atomic mass is 16.6. The minimum absolute atomic E-state index is 0.0625. The van der Waals surface area contributed by atoms with Gasteiger partial charge in [-0.1, -0.05) is 48.5 Å². The monoisotopic (exact) mass is 478 g/mol. The number of nitrogens with zero attached hydrogens (tertiary/aromatic N) is 2. The van der Waals surface area contributed by atoms with Gasteiger partial charge in [0, 0.05) is 25.0 Å². The normalized spacial score (nSPS) is 18.5. The fourth-order valence-corrected chi connectivity index (χ4v) is 4.57. The van der Waals surface area contributed by atoms with Crippen molar-refractivity contribution in [2.24, 2.45) is 5.92 Å². The zero-order chi connectivity index (χ0) is 24.4. The summed E-state index contributed by atoms with van der Waals surface area (Å²) in [7, 11) is 0. The van der Waals surface area contributed by atoms with Crippen LogP contribution in [0.2, 0.25) is 0 Å². The number of ether oxygens (including phenoxy) is 2. The van der Waals surface area contributed by atoms with Crippen molar-refractivity contribution in [3.8, 4) is 11.1 Å². The molecule has 11 nitrogen and oxygen atoms in total. The second-order valence-electron chi connectivity index (χ2n) is 8.30. The topological polar surface area (TPSA) is 153 Å². The van der Waals surface area contributed by atoms with Crippen molar-refractivity contribution in [1.82, 2.24) is 15.6 Å². The first-order chi connectivity index (χ1) is 17.0. The van der Waals surface area contributed by atoms with Crippen molar-refractivity contribution in [2.45, 2.75) is 18.4 Å². The summed E-state index contributed by atoms with van der Waals surface area (Å²) in [4.78, 5) is 36.2. The third-order valence-corrected chi connectivity index (χ3v) is 6.25. The first kappa shape index (κ1) is 22.5. The first-order valence-electron chi connectivity index (χ1n) is 11.1. The predicted molar refractivity (Wildman–Crippen MR) is 121 cm³/mol. The maximum atomic E-state index is 12.5. The molecule has 3 N–H and O–H groups in total. The van der Waals surface area contributed by atoms with E-state index in [1.165, 1.54) is 0 Å². The Morgan fingerprint density at radius 1 is 1.03 bits per heavy atom. The Morgan fingerprint density at radius 2 is 1.71 bits per heavy atom. The van der Waals surface area contributed by atoms with Crippen molar-refractivity contribution in [2.75, 3.05) is 25.1 Å². The number of aromatic nitrogens is 2. The molecule has 0 saturated carbocycles. The van der Waals surface area contributed by atoms with Gasteiger partial charge in [-0.15, -0.1) is 0 Å². The van der Waals surface area contributed by atoms with E-state index in [2.05, 4.69) is 25.6 Å². The smallest absolute Gasteiger partial charge is 0.412 e. The Balaban J connectivity index is 1.19. The van der Waals surface area contributed by atoms with E-state index in [9.17, 15) is 19.5 Å². The highest BCUT2D eigenvalue weighted by Gasteiger charge is 2.35. The second kappa shape index (κ2) is 9.55. The highest BCUT2D eigenvalue weighted by Crippen LogP contribution is 2.44. The molecule has 180 valence electrons. The summed E-state index contributed by atoms with van der Waals surface area (Å²) in [5, 5.41) is 21.3. The van der Waals surface area contributed by atoms with E-state index in [1.54, 1.807) is 0 Å². The molecule has 5 rings (SSSR count). The lowest BCUT2D eigenvalue weighted by molar-refractivity contribution is -0.149. The van der Waals surface area contributed by atoms with Crippen LogP contribution in [0, 0.1) is 5.92 Å². The van der Waals surface area contributed by atoms with E-state index in [1.807, 2.05) is 48.5 Å². The van der Waals surface area contributed by atoms with Gasteiger partial charge in [0.15, 0.2) is 6.10 Å². The summed E-state index contributed by atoms with van der Waals surface area (Å²) < 4.78 is 15.2. The Kier molecular flexibility index (Phi) is 6.15. The number of carbonyl (C=O) groups is 3. The van der Waals surface area contributed by atoms with Crippen LogP contribution in [0.25, 0.3) is 11.1 Å². The molecule has 2 atom stereocenters. The van der Waals surface area contributed by atoms with Gasteiger partial charge >= 0.3 is 12.1 Å². The first-order valence-corrected chi connectivity index (χ1v) is 11.1. The molecule has 0 unspecified atom stereocenters. The molecule has 1 aliphatic heterocycles. The minimum Gasteiger partial charge on any atom is -0.479 e. The van der Waals surface area contributed by atoms with Crippen molar-refractivity contribution in [3.05, 3.63) is 65.4 Å². The Morgan fingerprint density at radius 3 is 2.40 bits per heavy atom. The number of rotatable bonds is 7. The van der Waals surface area contributed by atoms with Crippen LogP contribution in [0.5, 0.6) is 0 Å². The van der Waals surface area contributed by atoms with Crippen LogP contribution < -0.4 is 10.6 Å². The van der Waals surface area contributed by atoms with E-state index in [0.29, 0.717) is 13.0 Å². The standard InChI is InChI=1S/C24H22N4O7/c29-22(25-11-13-9-10-33-20(13)23(30)31)19-21(28-35-27-19)26-24(32)34-12-18-16-7-3-1-5-14(16)15-6-2-4-8-17(15)18/h1-8,13,18,20H,9-12H2,(H,25,29)(H,30,31)(H,26,28,32)/t13-,20-/m1/s1. The predicted octanol–water partition coefficient (Wildman–Crippen LogP) is 2.65. The Hall–Kier alpha value is -4.25. The van der Waals surface area contributed by atoms with Gasteiger partial charge in [0.05, 0.1) is 0 Å². The van der Waals surface area contributed by atoms with Gasteiger partial charge in [-0.2, -0.15) is 0 Å². The van der Waals surface area contributed by atoms with Gasteiger partial charge in [-0.3, -0.25) is 10.1 Å². The molecule has 2 aliphatic rings. The van der Waals surface area contributed by atoms with Crippen molar-refractivity contribution >= 4 is 23.8 Å². The highest BCUT2D eigenvalue weighted by molar-refractivity contribution is 5.99. The zero-order valence-corrected chi connectivity index (χ0v) is 18.5. The molecular formula is C24H22N4O7. The van der Waals surface area contributed by atoms with Crippen LogP contribution in [-0.2, 0) is 14.3 Å². The molecule has 35 heavy (non-hydrogen) atoms. The number of carbonyl (C=O) groups excluding carboxylic acids is 2. The molecule has 0 bridgehead atoms. The number of hydrogen-bond donors (Lipinski definition) is 3. The van der Waals surface area contributed by atoms with Crippen LogP contribution in [0.3, 0.4) is 0 Å². The average Bonchev–Trinajstić information content (AvgIpc) is 3.59. The molecule has 0 radical (unpaired) electrons. The molecule has 2 aromatic carbocycles. The number of hydrogen-bond acceptors (Lipinski definition) is 8. The van der Waals surface area contributed by atoms with E-state index >= 15 is 0 Å². The molecule has 0 spiro atoms. The van der Waals surface area contributed by atoms with Gasteiger partial charge in [0.1, 0.15) is 6.61 Å². The van der Waals surface area contributed by atoms with Gasteiger partial charge in [-0.25, -0.2) is 14.2 Å². The molecule has 2 heterocycles. The number of anilines is 1. The lowest BCUT2D eigenvalue weighted by Crippen LogP contribution is -2.36. The van der Waals surface area contributed by atoms with E-state index in [0.717, 1.165) is 22.3 Å². The lowest BCUT2D eigenvalue weighted by Gasteiger charge is -2.15. The van der Waals surface area contributed by atoms with E-state index in [4.69, 9.17) is 9.47 Å². The van der Waals surface area contributed by atoms with Gasteiger partial charge < -0.3 is 19.9 Å². The largest absolute Gasteiger partial charge is 0.479 e. The second-order valence-corrected chi connectivity index (χ2v) is 8.30. The molecule has 3 aromatic rings. The van der Waals surface area contributed by atoms with E-state index < -0.39 is 24.1 Å². The molecular weight excluding hydrogens is 456 g/mol. The van der Waals surface area contributed by atoms with Crippen LogP contribution >= 0.6 is 0 Å². The minimum atomic E-state index is -1.08. The molecule has 2 amide bonds. The van der Waals surface area contributed by atoms with Crippen molar-refractivity contribution in [3.63, 3.8) is 0 Å². The molecule has 1 aliphatic carbocycles. The van der Waals surface area contributed by atoms with Crippen LogP contribution in [0.4, 0.5) is 10.6 Å². The average molecular weight is 478 g/mol. The summed E-state index contributed by atoms with van der Waals surface area (Å²) in [6.45, 7) is 0.454. The zero-order valence-electron chi connectivity index (χ0n) is 18.5. The third kappa shape index (κ3) is 4.45. The van der Waals surface area contributed by atoms with E-state index in [-0.39, 0.29) is 36.5 Å². The fraction of sp³-hybridized carbons (Fsp3) is 0.292. The summed E-state index contributed by atoms with van der Waals surface area (Å²) in [5.41, 5.74) is 4.11. The van der Waals surface area contributed by atoms with Crippen molar-refractivity contribution < 1.29 is 33.6 Å². The lowest BCUT2D eigenvalue weighted by atomic mass is 9.98. The number of amides is 2. The van der Waals surface area contributed by atoms with Gasteiger partial charge in [0.2, 0.25) is 11.5 Å². The van der Waals surface area contributed by atoms with Crippen molar-refractivity contribution in [1.29, 1.82) is 0 Å². The Bertz CT molecular complexity index is 1230. The molecule has 1 fully saturated rings. The van der Waals surface area contributed by atoms with Gasteiger partial charge in [0.25, 0.3) is 5.91 Å². The van der Waals surface area contributed by atoms with Crippen LogP contribution in [-0.4, -0.2) is 59.3 Å². The number of carboxylic acids is 1. The maximum Gasteiger partial charge on any atom is 0.412 e. The summed E-state index contributed by atoms with van der Waals surface area (Å²) in [5.74, 6) is -2.45. The summed E-state index contributed by atoms with van der Waals surface area (Å²) >= 11 is 0. The number of nitrogens with one attached hydrogen (secondary N) is 2. The number of fused-ring (bicyclic) bond motifs is 3. The maximum absolute atomic E-state index is 12.5. The third-order valence-electron chi connectivity index (χ3n) is 6.25. The SMILES string of the molecule is O=C(Nc1nonc1C(=O)NC[C@H]1CCO[C@H]1C(=O)O)OCC1c2ccccc2-c2ccccc21. The van der Waals surface area contributed by atoms with Crippen LogP contribution in [0.15, 0.2) is 53.2 Å². The number of benzene rings is 2. The summed E-state index contributed by atoms with van der Waals surface area (Å²) in [6, 6.07) is 15.9.